The molecule has 0 fully saturated rings. The normalized spacial score (nSPS) is 12.5. The summed E-state index contributed by atoms with van der Waals surface area (Å²) in [6, 6.07) is 4.71. The zero-order valence-electron chi connectivity index (χ0n) is 10.2. The van der Waals surface area contributed by atoms with E-state index < -0.39 is 0 Å². The first-order valence-electron chi connectivity index (χ1n) is 5.31. The zero-order valence-corrected chi connectivity index (χ0v) is 11.0. The molecule has 5 heteroatoms. The Bertz CT molecular complexity index is 407. The number of likely N-dealkylation sites (N-methyl/N-ethyl adjacent to an activating group) is 1. The second-order valence-corrected chi connectivity index (χ2v) is 4.62. The molecule has 0 heterocycles. The average molecular weight is 257 g/mol. The van der Waals surface area contributed by atoms with E-state index in [1.54, 1.807) is 12.1 Å². The first-order chi connectivity index (χ1) is 7.90. The summed E-state index contributed by atoms with van der Waals surface area (Å²) >= 11 is 5.78. The maximum atomic E-state index is 11.8. The number of carbonyl (C=O) groups is 1. The van der Waals surface area contributed by atoms with Crippen LogP contribution in [-0.4, -0.2) is 37.6 Å². The van der Waals surface area contributed by atoms with Crippen molar-refractivity contribution in [2.75, 3.05) is 26.4 Å². The van der Waals surface area contributed by atoms with Gasteiger partial charge in [-0.2, -0.15) is 0 Å². The first-order valence-corrected chi connectivity index (χ1v) is 5.68. The van der Waals surface area contributed by atoms with E-state index in [4.69, 9.17) is 22.1 Å². The molecule has 1 aromatic rings. The Morgan fingerprint density at radius 2 is 2.18 bits per heavy atom. The van der Waals surface area contributed by atoms with Crippen molar-refractivity contribution in [2.45, 2.75) is 13.0 Å². The Morgan fingerprint density at radius 1 is 1.53 bits per heavy atom. The number of ether oxygens (including phenoxy) is 1. The molecular weight excluding hydrogens is 240 g/mol. The Hall–Kier alpha value is -1.26. The lowest BCUT2D eigenvalue weighted by molar-refractivity contribution is 0.0289. The standard InChI is InChI=1S/C12H17ClN2O2/c1-8(7-15(2)3)17-12(16)9-4-5-10(13)11(14)6-9/h4-6,8H,7,14H2,1-3H3. The molecule has 17 heavy (non-hydrogen) atoms. The number of benzene rings is 1. The molecule has 0 saturated carbocycles. The van der Waals surface area contributed by atoms with Crippen molar-refractivity contribution < 1.29 is 9.53 Å². The van der Waals surface area contributed by atoms with Crippen molar-refractivity contribution in [3.63, 3.8) is 0 Å². The topological polar surface area (TPSA) is 55.6 Å². The Morgan fingerprint density at radius 3 is 2.71 bits per heavy atom. The minimum Gasteiger partial charge on any atom is -0.458 e. The highest BCUT2D eigenvalue weighted by Crippen LogP contribution is 2.20. The molecule has 0 aromatic heterocycles. The molecule has 2 N–H and O–H groups in total. The van der Waals surface area contributed by atoms with E-state index in [9.17, 15) is 4.79 Å². The second kappa shape index (κ2) is 5.89. The fraction of sp³-hybridized carbons (Fsp3) is 0.417. The molecule has 4 nitrogen and oxygen atoms in total. The predicted octanol–water partition coefficient (Wildman–Crippen LogP) is 2.03. The fourth-order valence-corrected chi connectivity index (χ4v) is 1.59. The summed E-state index contributed by atoms with van der Waals surface area (Å²) in [5, 5.41) is 0.433. The summed E-state index contributed by atoms with van der Waals surface area (Å²) in [6.07, 6.45) is -0.172. The van der Waals surface area contributed by atoms with Crippen LogP contribution in [0.5, 0.6) is 0 Å². The predicted molar refractivity (Wildman–Crippen MR) is 69.3 cm³/mol. The van der Waals surface area contributed by atoms with Gasteiger partial charge in [0.15, 0.2) is 0 Å². The van der Waals surface area contributed by atoms with Gasteiger partial charge < -0.3 is 15.4 Å². The third-order valence-corrected chi connectivity index (χ3v) is 2.51. The number of rotatable bonds is 4. The van der Waals surface area contributed by atoms with Crippen molar-refractivity contribution in [1.29, 1.82) is 0 Å². The SMILES string of the molecule is CC(CN(C)C)OC(=O)c1ccc(Cl)c(N)c1. The number of anilines is 1. The number of hydrogen-bond donors (Lipinski definition) is 1. The summed E-state index contributed by atoms with van der Waals surface area (Å²) < 4.78 is 5.26. The van der Waals surface area contributed by atoms with Gasteiger partial charge in [-0.05, 0) is 39.2 Å². The quantitative estimate of drug-likeness (QED) is 0.662. The number of nitrogen functional groups attached to an aromatic ring is 1. The molecule has 0 spiro atoms. The molecule has 1 aromatic carbocycles. The van der Waals surface area contributed by atoms with Crippen LogP contribution in [0.1, 0.15) is 17.3 Å². The number of halogens is 1. The molecule has 0 aliphatic rings. The highest BCUT2D eigenvalue weighted by atomic mass is 35.5. The first kappa shape index (κ1) is 13.8. The third kappa shape index (κ3) is 4.24. The molecule has 0 aliphatic carbocycles. The lowest BCUT2D eigenvalue weighted by Gasteiger charge is -2.17. The third-order valence-electron chi connectivity index (χ3n) is 2.16. The van der Waals surface area contributed by atoms with Gasteiger partial charge in [-0.25, -0.2) is 4.79 Å². The van der Waals surface area contributed by atoms with Crippen LogP contribution in [0.15, 0.2) is 18.2 Å². The summed E-state index contributed by atoms with van der Waals surface area (Å²) in [5.74, 6) is -0.386. The molecule has 94 valence electrons. The van der Waals surface area contributed by atoms with Crippen molar-refractivity contribution in [1.82, 2.24) is 4.90 Å². The van der Waals surface area contributed by atoms with Crippen LogP contribution < -0.4 is 5.73 Å². The number of nitrogens with zero attached hydrogens (tertiary/aromatic N) is 1. The average Bonchev–Trinajstić information content (AvgIpc) is 2.20. The lowest BCUT2D eigenvalue weighted by atomic mass is 10.2. The zero-order chi connectivity index (χ0) is 13.0. The van der Waals surface area contributed by atoms with E-state index in [2.05, 4.69) is 0 Å². The molecule has 0 saturated heterocycles. The molecule has 1 unspecified atom stereocenters. The lowest BCUT2D eigenvalue weighted by Crippen LogP contribution is -2.28. The molecule has 0 amide bonds. The smallest absolute Gasteiger partial charge is 0.338 e. The van der Waals surface area contributed by atoms with Gasteiger partial charge in [-0.3, -0.25) is 0 Å². The van der Waals surface area contributed by atoms with Gasteiger partial charge in [-0.15, -0.1) is 0 Å². The Kier molecular flexibility index (Phi) is 4.78. The van der Waals surface area contributed by atoms with E-state index in [1.165, 1.54) is 6.07 Å². The monoisotopic (exact) mass is 256 g/mol. The Balaban J connectivity index is 2.66. The van der Waals surface area contributed by atoms with Gasteiger partial charge in [0.1, 0.15) is 6.10 Å². The molecule has 0 radical (unpaired) electrons. The molecular formula is C12H17ClN2O2. The highest BCUT2D eigenvalue weighted by Gasteiger charge is 2.13. The Labute approximate surface area is 106 Å². The summed E-state index contributed by atoms with van der Waals surface area (Å²) in [7, 11) is 3.84. The fourth-order valence-electron chi connectivity index (χ4n) is 1.47. The molecule has 1 atom stereocenters. The van der Waals surface area contributed by atoms with Crippen molar-refractivity contribution >= 4 is 23.3 Å². The van der Waals surface area contributed by atoms with E-state index in [-0.39, 0.29) is 12.1 Å². The van der Waals surface area contributed by atoms with Gasteiger partial charge in [0.2, 0.25) is 0 Å². The van der Waals surface area contributed by atoms with Crippen LogP contribution in [0.2, 0.25) is 5.02 Å². The van der Waals surface area contributed by atoms with Gasteiger partial charge >= 0.3 is 5.97 Å². The summed E-state index contributed by atoms with van der Waals surface area (Å²) in [5.41, 5.74) is 6.41. The number of esters is 1. The van der Waals surface area contributed by atoms with Crippen LogP contribution in [0.25, 0.3) is 0 Å². The van der Waals surface area contributed by atoms with Gasteiger partial charge in [0, 0.05) is 6.54 Å². The van der Waals surface area contributed by atoms with Crippen LogP contribution in [0.3, 0.4) is 0 Å². The number of nitrogens with two attached hydrogens (primary N) is 1. The van der Waals surface area contributed by atoms with Gasteiger partial charge in [0.25, 0.3) is 0 Å². The summed E-state index contributed by atoms with van der Waals surface area (Å²) in [4.78, 5) is 13.7. The number of carbonyl (C=O) groups excluding carboxylic acids is 1. The van der Waals surface area contributed by atoms with Crippen LogP contribution >= 0.6 is 11.6 Å². The van der Waals surface area contributed by atoms with E-state index in [0.29, 0.717) is 22.8 Å². The minimum atomic E-state index is -0.386. The molecule has 0 aliphatic heterocycles. The van der Waals surface area contributed by atoms with Crippen molar-refractivity contribution in [2.24, 2.45) is 0 Å². The van der Waals surface area contributed by atoms with Crippen LogP contribution in [-0.2, 0) is 4.74 Å². The van der Waals surface area contributed by atoms with E-state index in [1.807, 2.05) is 25.9 Å². The molecule has 0 bridgehead atoms. The van der Waals surface area contributed by atoms with Crippen LogP contribution in [0.4, 0.5) is 5.69 Å². The van der Waals surface area contributed by atoms with E-state index in [0.717, 1.165) is 0 Å². The van der Waals surface area contributed by atoms with Gasteiger partial charge in [-0.1, -0.05) is 11.6 Å². The van der Waals surface area contributed by atoms with Crippen LogP contribution in [0, 0.1) is 0 Å². The number of hydrogen-bond acceptors (Lipinski definition) is 4. The van der Waals surface area contributed by atoms with Crippen molar-refractivity contribution in [3.8, 4) is 0 Å². The maximum absolute atomic E-state index is 11.8. The minimum absolute atomic E-state index is 0.172. The molecule has 1 rings (SSSR count). The summed E-state index contributed by atoms with van der Waals surface area (Å²) in [6.45, 7) is 2.52. The maximum Gasteiger partial charge on any atom is 0.338 e. The van der Waals surface area contributed by atoms with Gasteiger partial charge in [0.05, 0.1) is 16.3 Å². The second-order valence-electron chi connectivity index (χ2n) is 4.21. The largest absolute Gasteiger partial charge is 0.458 e. The van der Waals surface area contributed by atoms with E-state index >= 15 is 0 Å². The highest BCUT2D eigenvalue weighted by molar-refractivity contribution is 6.33. The van der Waals surface area contributed by atoms with Crippen molar-refractivity contribution in [3.05, 3.63) is 28.8 Å².